The first-order valence-corrected chi connectivity index (χ1v) is 7.48. The van der Waals surface area contributed by atoms with E-state index >= 15 is 0 Å². The standard InChI is InChI=1S/C15H20ClN3O2/c1-4-8-17-12(5-2)15-19-18-14(21-15)11-7-6-10(16)9-13(11)20-3/h6-7,9,12,17H,4-5,8H2,1-3H3. The van der Waals surface area contributed by atoms with Gasteiger partial charge in [-0.2, -0.15) is 0 Å². The molecule has 1 heterocycles. The highest BCUT2D eigenvalue weighted by atomic mass is 35.5. The van der Waals surface area contributed by atoms with Crippen LogP contribution in [0.15, 0.2) is 22.6 Å². The van der Waals surface area contributed by atoms with Crippen LogP contribution in [0.2, 0.25) is 5.02 Å². The summed E-state index contributed by atoms with van der Waals surface area (Å²) in [4.78, 5) is 0. The summed E-state index contributed by atoms with van der Waals surface area (Å²) in [5, 5.41) is 12.3. The van der Waals surface area contributed by atoms with Crippen LogP contribution in [-0.2, 0) is 0 Å². The van der Waals surface area contributed by atoms with Crippen LogP contribution in [-0.4, -0.2) is 23.9 Å². The van der Waals surface area contributed by atoms with Crippen LogP contribution < -0.4 is 10.1 Å². The summed E-state index contributed by atoms with van der Waals surface area (Å²) in [5.41, 5.74) is 0.742. The van der Waals surface area contributed by atoms with Crippen LogP contribution in [0.1, 0.15) is 38.6 Å². The molecule has 0 saturated heterocycles. The number of benzene rings is 1. The predicted molar refractivity (Wildman–Crippen MR) is 82.6 cm³/mol. The lowest BCUT2D eigenvalue weighted by Crippen LogP contribution is -2.21. The first-order valence-electron chi connectivity index (χ1n) is 7.10. The number of hydrogen-bond donors (Lipinski definition) is 1. The van der Waals surface area contributed by atoms with E-state index in [2.05, 4.69) is 29.4 Å². The van der Waals surface area contributed by atoms with Crippen molar-refractivity contribution in [1.29, 1.82) is 0 Å². The Morgan fingerprint density at radius 2 is 2.14 bits per heavy atom. The zero-order valence-corrected chi connectivity index (χ0v) is 13.3. The van der Waals surface area contributed by atoms with E-state index in [4.69, 9.17) is 20.8 Å². The molecule has 0 saturated carbocycles. The summed E-state index contributed by atoms with van der Waals surface area (Å²) in [7, 11) is 1.59. The van der Waals surface area contributed by atoms with Gasteiger partial charge in [0.05, 0.1) is 18.7 Å². The molecule has 2 aromatic rings. The molecule has 0 spiro atoms. The Hall–Kier alpha value is -1.59. The number of aromatic nitrogens is 2. The summed E-state index contributed by atoms with van der Waals surface area (Å²) in [6, 6.07) is 5.40. The van der Waals surface area contributed by atoms with Gasteiger partial charge in [-0.3, -0.25) is 0 Å². The summed E-state index contributed by atoms with van der Waals surface area (Å²) in [5.74, 6) is 1.65. The molecule has 1 N–H and O–H groups in total. The second-order valence-electron chi connectivity index (χ2n) is 4.71. The summed E-state index contributed by atoms with van der Waals surface area (Å²) >= 11 is 5.96. The van der Waals surface area contributed by atoms with Gasteiger partial charge in [0.25, 0.3) is 5.89 Å². The molecular formula is C15H20ClN3O2. The number of nitrogens with one attached hydrogen (secondary N) is 1. The molecule has 0 radical (unpaired) electrons. The lowest BCUT2D eigenvalue weighted by atomic mass is 10.2. The predicted octanol–water partition coefficient (Wildman–Crippen LogP) is 3.85. The second kappa shape index (κ2) is 7.43. The van der Waals surface area contributed by atoms with Crippen molar-refractivity contribution in [3.8, 4) is 17.2 Å². The van der Waals surface area contributed by atoms with Crippen LogP contribution in [0.5, 0.6) is 5.75 Å². The minimum atomic E-state index is 0.0736. The average molecular weight is 310 g/mol. The first-order chi connectivity index (χ1) is 10.2. The van der Waals surface area contributed by atoms with Crippen molar-refractivity contribution in [3.63, 3.8) is 0 Å². The van der Waals surface area contributed by atoms with Gasteiger partial charge in [0.15, 0.2) is 0 Å². The van der Waals surface area contributed by atoms with E-state index in [-0.39, 0.29) is 6.04 Å². The third-order valence-electron chi connectivity index (χ3n) is 3.18. The Labute approximate surface area is 129 Å². The molecule has 6 heteroatoms. The Balaban J connectivity index is 2.27. The third-order valence-corrected chi connectivity index (χ3v) is 3.42. The molecule has 0 aliphatic heterocycles. The fourth-order valence-corrected chi connectivity index (χ4v) is 2.21. The van der Waals surface area contributed by atoms with Crippen LogP contribution in [0, 0.1) is 0 Å². The van der Waals surface area contributed by atoms with Crippen molar-refractivity contribution < 1.29 is 9.15 Å². The largest absolute Gasteiger partial charge is 0.496 e. The highest BCUT2D eigenvalue weighted by molar-refractivity contribution is 6.30. The van der Waals surface area contributed by atoms with Crippen molar-refractivity contribution in [1.82, 2.24) is 15.5 Å². The molecule has 0 fully saturated rings. The molecule has 0 aliphatic rings. The normalized spacial score (nSPS) is 12.4. The molecule has 21 heavy (non-hydrogen) atoms. The van der Waals surface area contributed by atoms with Crippen LogP contribution in [0.3, 0.4) is 0 Å². The third kappa shape index (κ3) is 3.74. The van der Waals surface area contributed by atoms with E-state index in [0.717, 1.165) is 24.9 Å². The SMILES string of the molecule is CCCNC(CC)c1nnc(-c2ccc(Cl)cc2OC)o1. The van der Waals surface area contributed by atoms with Crippen molar-refractivity contribution in [2.45, 2.75) is 32.7 Å². The highest BCUT2D eigenvalue weighted by Crippen LogP contribution is 2.32. The monoisotopic (exact) mass is 309 g/mol. The molecule has 1 atom stereocenters. The van der Waals surface area contributed by atoms with E-state index in [1.165, 1.54) is 0 Å². The summed E-state index contributed by atoms with van der Waals surface area (Å²) in [6.07, 6.45) is 1.95. The molecule has 114 valence electrons. The zero-order valence-electron chi connectivity index (χ0n) is 12.5. The maximum absolute atomic E-state index is 5.96. The Morgan fingerprint density at radius 3 is 2.81 bits per heavy atom. The van der Waals surface area contributed by atoms with Gasteiger partial charge in [0.2, 0.25) is 5.89 Å². The molecule has 5 nitrogen and oxygen atoms in total. The van der Waals surface area contributed by atoms with Gasteiger partial charge in [-0.1, -0.05) is 25.4 Å². The molecule has 1 aromatic heterocycles. The van der Waals surface area contributed by atoms with E-state index in [9.17, 15) is 0 Å². The molecule has 1 unspecified atom stereocenters. The van der Waals surface area contributed by atoms with Gasteiger partial charge in [0, 0.05) is 5.02 Å². The number of ether oxygens (including phenoxy) is 1. The fourth-order valence-electron chi connectivity index (χ4n) is 2.05. The van der Waals surface area contributed by atoms with E-state index in [1.807, 2.05) is 6.07 Å². The van der Waals surface area contributed by atoms with Crippen molar-refractivity contribution >= 4 is 11.6 Å². The lowest BCUT2D eigenvalue weighted by molar-refractivity contribution is 0.391. The first kappa shape index (κ1) is 15.8. The van der Waals surface area contributed by atoms with Crippen molar-refractivity contribution in [2.24, 2.45) is 0 Å². The molecule has 0 aliphatic carbocycles. The number of methoxy groups -OCH3 is 1. The highest BCUT2D eigenvalue weighted by Gasteiger charge is 2.19. The van der Waals surface area contributed by atoms with E-state index < -0.39 is 0 Å². The average Bonchev–Trinajstić information content (AvgIpc) is 2.97. The van der Waals surface area contributed by atoms with Gasteiger partial charge in [-0.05, 0) is 37.6 Å². The molecular weight excluding hydrogens is 290 g/mol. The number of hydrogen-bond acceptors (Lipinski definition) is 5. The topological polar surface area (TPSA) is 60.2 Å². The number of nitrogens with zero attached hydrogens (tertiary/aromatic N) is 2. The van der Waals surface area contributed by atoms with Crippen LogP contribution >= 0.6 is 11.6 Å². The maximum atomic E-state index is 5.96. The Morgan fingerprint density at radius 1 is 1.33 bits per heavy atom. The van der Waals surface area contributed by atoms with Gasteiger partial charge < -0.3 is 14.5 Å². The Bertz CT molecular complexity index is 586. The van der Waals surface area contributed by atoms with Gasteiger partial charge >= 0.3 is 0 Å². The van der Waals surface area contributed by atoms with Gasteiger partial charge in [0.1, 0.15) is 5.75 Å². The van der Waals surface area contributed by atoms with E-state index in [1.54, 1.807) is 19.2 Å². The smallest absolute Gasteiger partial charge is 0.251 e. The minimum Gasteiger partial charge on any atom is -0.496 e. The minimum absolute atomic E-state index is 0.0736. The van der Waals surface area contributed by atoms with Crippen molar-refractivity contribution in [2.75, 3.05) is 13.7 Å². The summed E-state index contributed by atoms with van der Waals surface area (Å²) in [6.45, 7) is 5.12. The van der Waals surface area contributed by atoms with Gasteiger partial charge in [-0.15, -0.1) is 10.2 Å². The molecule has 0 bridgehead atoms. The van der Waals surface area contributed by atoms with Crippen LogP contribution in [0.25, 0.3) is 11.5 Å². The second-order valence-corrected chi connectivity index (χ2v) is 5.14. The molecule has 1 aromatic carbocycles. The summed E-state index contributed by atoms with van der Waals surface area (Å²) < 4.78 is 11.1. The quantitative estimate of drug-likeness (QED) is 0.841. The molecule has 0 amide bonds. The number of rotatable bonds is 7. The molecule has 2 rings (SSSR count). The van der Waals surface area contributed by atoms with Crippen molar-refractivity contribution in [3.05, 3.63) is 29.1 Å². The fraction of sp³-hybridized carbons (Fsp3) is 0.467. The van der Waals surface area contributed by atoms with Crippen LogP contribution in [0.4, 0.5) is 0 Å². The lowest BCUT2D eigenvalue weighted by Gasteiger charge is -2.11. The number of halogens is 1. The Kier molecular flexibility index (Phi) is 5.59. The van der Waals surface area contributed by atoms with E-state index in [0.29, 0.717) is 22.6 Å². The maximum Gasteiger partial charge on any atom is 0.251 e. The zero-order chi connectivity index (χ0) is 15.2. The van der Waals surface area contributed by atoms with Gasteiger partial charge in [-0.25, -0.2) is 0 Å².